The number of esters is 1. The molecule has 0 atom stereocenters. The first kappa shape index (κ1) is 19.5. The molecule has 0 aliphatic carbocycles. The van der Waals surface area contributed by atoms with Gasteiger partial charge in [-0.25, -0.2) is 4.79 Å². The van der Waals surface area contributed by atoms with Crippen molar-refractivity contribution in [2.45, 2.75) is 18.9 Å². The van der Waals surface area contributed by atoms with Crippen molar-refractivity contribution < 1.29 is 14.3 Å². The Hall–Kier alpha value is -2.85. The van der Waals surface area contributed by atoms with Crippen molar-refractivity contribution in [3.8, 4) is 6.07 Å². The predicted octanol–water partition coefficient (Wildman–Crippen LogP) is 1.85. The van der Waals surface area contributed by atoms with E-state index in [1.54, 1.807) is 36.2 Å². The fourth-order valence-corrected chi connectivity index (χ4v) is 2.93. The molecule has 1 N–H and O–H groups in total. The number of ether oxygens (including phenoxy) is 1. The summed E-state index contributed by atoms with van der Waals surface area (Å²) >= 11 is 0. The highest BCUT2D eigenvalue weighted by atomic mass is 16.5. The Morgan fingerprint density at radius 1 is 1.35 bits per heavy atom. The number of hydrogen-bond donors (Lipinski definition) is 1. The second kappa shape index (κ2) is 9.02. The van der Waals surface area contributed by atoms with E-state index in [9.17, 15) is 14.9 Å². The fourth-order valence-electron chi connectivity index (χ4n) is 2.93. The van der Waals surface area contributed by atoms with Crippen LogP contribution >= 0.6 is 0 Å². The predicted molar refractivity (Wildman–Crippen MR) is 98.4 cm³/mol. The number of rotatable bonds is 5. The van der Waals surface area contributed by atoms with Crippen molar-refractivity contribution in [1.82, 2.24) is 9.80 Å². The van der Waals surface area contributed by atoms with Crippen LogP contribution in [0.4, 0.5) is 5.69 Å². The molecule has 0 spiro atoms. The lowest BCUT2D eigenvalue weighted by molar-refractivity contribution is -0.128. The molecule has 1 aromatic carbocycles. The van der Waals surface area contributed by atoms with E-state index in [1.807, 2.05) is 6.07 Å². The van der Waals surface area contributed by atoms with Gasteiger partial charge < -0.3 is 19.9 Å². The number of amides is 1. The number of carbonyl (C=O) groups excluding carboxylic acids is 2. The van der Waals surface area contributed by atoms with Crippen LogP contribution < -0.4 is 5.32 Å². The highest BCUT2D eigenvalue weighted by molar-refractivity contribution is 5.99. The van der Waals surface area contributed by atoms with E-state index < -0.39 is 5.97 Å². The highest BCUT2D eigenvalue weighted by Crippen LogP contribution is 2.18. The molecule has 0 radical (unpaired) electrons. The minimum atomic E-state index is -0.491. The number of nitrogens with zero attached hydrogens (tertiary/aromatic N) is 3. The molecule has 1 aliphatic rings. The van der Waals surface area contributed by atoms with Gasteiger partial charge in [-0.1, -0.05) is 12.1 Å². The topological polar surface area (TPSA) is 85.7 Å². The summed E-state index contributed by atoms with van der Waals surface area (Å²) in [6.45, 7) is 1.86. The molecule has 0 aromatic heterocycles. The standard InChI is InChI=1S/C19H24N4O3/c1-22-10-8-15(9-11-22)23(2)18(24)14(12-20)13-21-17-7-5-4-6-16(17)19(25)26-3/h4-7,13,15,21H,8-11H2,1-3H3/b14-13-. The Labute approximate surface area is 153 Å². The molecule has 0 saturated carbocycles. The molecule has 1 saturated heterocycles. The average molecular weight is 356 g/mol. The molecule has 1 aromatic rings. The van der Waals surface area contributed by atoms with E-state index in [1.165, 1.54) is 13.3 Å². The third-order valence-electron chi connectivity index (χ3n) is 4.61. The minimum absolute atomic E-state index is 0.00824. The number of likely N-dealkylation sites (N-methyl/N-ethyl adjacent to an activating group) is 1. The third-order valence-corrected chi connectivity index (χ3v) is 4.61. The second-order valence-corrected chi connectivity index (χ2v) is 6.30. The molecular formula is C19H24N4O3. The number of nitriles is 1. The van der Waals surface area contributed by atoms with Gasteiger partial charge in [-0.2, -0.15) is 5.26 Å². The molecular weight excluding hydrogens is 332 g/mol. The lowest BCUT2D eigenvalue weighted by atomic mass is 10.0. The van der Waals surface area contributed by atoms with Crippen LogP contribution in [-0.4, -0.2) is 62.0 Å². The van der Waals surface area contributed by atoms with Gasteiger partial charge in [0.15, 0.2) is 0 Å². The summed E-state index contributed by atoms with van der Waals surface area (Å²) in [5.41, 5.74) is 0.799. The maximum absolute atomic E-state index is 12.6. The van der Waals surface area contributed by atoms with Crippen molar-refractivity contribution >= 4 is 17.6 Å². The van der Waals surface area contributed by atoms with E-state index in [0.717, 1.165) is 25.9 Å². The number of piperidine rings is 1. The van der Waals surface area contributed by atoms with Crippen LogP contribution in [0, 0.1) is 11.3 Å². The van der Waals surface area contributed by atoms with Gasteiger partial charge in [-0.3, -0.25) is 4.79 Å². The molecule has 0 bridgehead atoms. The van der Waals surface area contributed by atoms with Crippen LogP contribution in [-0.2, 0) is 9.53 Å². The van der Waals surface area contributed by atoms with Crippen LogP contribution in [0.25, 0.3) is 0 Å². The zero-order chi connectivity index (χ0) is 19.1. The molecule has 26 heavy (non-hydrogen) atoms. The molecule has 2 rings (SSSR count). The molecule has 138 valence electrons. The van der Waals surface area contributed by atoms with Gasteiger partial charge >= 0.3 is 5.97 Å². The first-order chi connectivity index (χ1) is 12.5. The van der Waals surface area contributed by atoms with Gasteiger partial charge in [0.2, 0.25) is 0 Å². The zero-order valence-corrected chi connectivity index (χ0v) is 15.4. The zero-order valence-electron chi connectivity index (χ0n) is 15.4. The number of carbonyl (C=O) groups is 2. The van der Waals surface area contributed by atoms with Gasteiger partial charge in [-0.05, 0) is 45.1 Å². The lowest BCUT2D eigenvalue weighted by Gasteiger charge is -2.35. The van der Waals surface area contributed by atoms with Gasteiger partial charge in [0, 0.05) is 19.3 Å². The molecule has 0 unspecified atom stereocenters. The summed E-state index contributed by atoms with van der Waals surface area (Å²) in [5, 5.41) is 12.3. The number of anilines is 1. The minimum Gasteiger partial charge on any atom is -0.465 e. The Morgan fingerprint density at radius 2 is 2.00 bits per heavy atom. The van der Waals surface area contributed by atoms with Crippen molar-refractivity contribution in [3.63, 3.8) is 0 Å². The summed E-state index contributed by atoms with van der Waals surface area (Å²) in [7, 11) is 5.09. The normalized spacial score (nSPS) is 15.8. The quantitative estimate of drug-likeness (QED) is 0.492. The van der Waals surface area contributed by atoms with Gasteiger partial charge in [-0.15, -0.1) is 0 Å². The van der Waals surface area contributed by atoms with Gasteiger partial charge in [0.25, 0.3) is 5.91 Å². The maximum atomic E-state index is 12.6. The number of benzene rings is 1. The molecule has 1 aliphatic heterocycles. The van der Waals surface area contributed by atoms with Gasteiger partial charge in [0.1, 0.15) is 11.6 Å². The molecule has 1 heterocycles. The smallest absolute Gasteiger partial charge is 0.339 e. The van der Waals surface area contributed by atoms with Crippen molar-refractivity contribution in [2.24, 2.45) is 0 Å². The average Bonchev–Trinajstić information content (AvgIpc) is 2.68. The SMILES string of the molecule is COC(=O)c1ccccc1N/C=C(/C#N)C(=O)N(C)C1CCN(C)CC1. The van der Waals surface area contributed by atoms with Crippen LogP contribution in [0.5, 0.6) is 0 Å². The summed E-state index contributed by atoms with van der Waals surface area (Å²) in [4.78, 5) is 28.3. The van der Waals surface area contributed by atoms with Crippen molar-refractivity contribution in [1.29, 1.82) is 5.26 Å². The number of nitrogens with one attached hydrogen (secondary N) is 1. The van der Waals surface area contributed by atoms with E-state index >= 15 is 0 Å². The highest BCUT2D eigenvalue weighted by Gasteiger charge is 2.26. The fraction of sp³-hybridized carbons (Fsp3) is 0.421. The lowest BCUT2D eigenvalue weighted by Crippen LogP contribution is -2.44. The number of likely N-dealkylation sites (tertiary alicyclic amines) is 1. The number of methoxy groups -OCH3 is 1. The van der Waals surface area contributed by atoms with Crippen LogP contribution in [0.3, 0.4) is 0 Å². The maximum Gasteiger partial charge on any atom is 0.339 e. The Balaban J connectivity index is 2.12. The molecule has 1 fully saturated rings. The van der Waals surface area contributed by atoms with E-state index in [-0.39, 0.29) is 17.5 Å². The van der Waals surface area contributed by atoms with E-state index in [2.05, 4.69) is 17.3 Å². The van der Waals surface area contributed by atoms with E-state index in [4.69, 9.17) is 4.74 Å². The van der Waals surface area contributed by atoms with Crippen LogP contribution in [0.1, 0.15) is 23.2 Å². The third kappa shape index (κ3) is 4.61. The largest absolute Gasteiger partial charge is 0.465 e. The summed E-state index contributed by atoms with van der Waals surface area (Å²) < 4.78 is 4.74. The van der Waals surface area contributed by atoms with Crippen molar-refractivity contribution in [2.75, 3.05) is 39.6 Å². The first-order valence-electron chi connectivity index (χ1n) is 8.47. The first-order valence-corrected chi connectivity index (χ1v) is 8.47. The van der Waals surface area contributed by atoms with Crippen LogP contribution in [0.15, 0.2) is 36.0 Å². The second-order valence-electron chi connectivity index (χ2n) is 6.30. The van der Waals surface area contributed by atoms with E-state index in [0.29, 0.717) is 11.3 Å². The van der Waals surface area contributed by atoms with Gasteiger partial charge in [0.05, 0.1) is 18.4 Å². The Morgan fingerprint density at radius 3 is 2.62 bits per heavy atom. The number of hydrogen-bond acceptors (Lipinski definition) is 6. The summed E-state index contributed by atoms with van der Waals surface area (Å²) in [6.07, 6.45) is 3.11. The summed E-state index contributed by atoms with van der Waals surface area (Å²) in [6, 6.07) is 8.83. The molecule has 1 amide bonds. The monoisotopic (exact) mass is 356 g/mol. The molecule has 7 nitrogen and oxygen atoms in total. The summed E-state index contributed by atoms with van der Waals surface area (Å²) in [5.74, 6) is -0.820. The molecule has 7 heteroatoms. The van der Waals surface area contributed by atoms with Crippen LogP contribution in [0.2, 0.25) is 0 Å². The Bertz CT molecular complexity index is 731. The Kier molecular flexibility index (Phi) is 6.75. The van der Waals surface area contributed by atoms with Crippen molar-refractivity contribution in [3.05, 3.63) is 41.6 Å². The number of para-hydroxylation sites is 1.